The Balaban J connectivity index is 2.62. The summed E-state index contributed by atoms with van der Waals surface area (Å²) in [5.41, 5.74) is 0. The van der Waals surface area contributed by atoms with Crippen molar-refractivity contribution in [3.05, 3.63) is 0 Å². The molecule has 0 aromatic carbocycles. The molecule has 0 saturated heterocycles. The predicted molar refractivity (Wildman–Crippen MR) is 71.6 cm³/mol. The van der Waals surface area contributed by atoms with Crippen molar-refractivity contribution in [3.8, 4) is 6.07 Å². The van der Waals surface area contributed by atoms with Gasteiger partial charge in [0.05, 0.1) is 12.0 Å². The van der Waals surface area contributed by atoms with Gasteiger partial charge in [0.25, 0.3) is 0 Å². The molecule has 2 nitrogen and oxygen atoms in total. The summed E-state index contributed by atoms with van der Waals surface area (Å²) in [6.07, 6.45) is 8.28. The van der Waals surface area contributed by atoms with E-state index < -0.39 is 0 Å². The Bertz CT molecular complexity index is 237. The van der Waals surface area contributed by atoms with Crippen LogP contribution in [-0.4, -0.2) is 36.0 Å². The predicted octanol–water partition coefficient (Wildman–Crippen LogP) is 3.14. The number of rotatable bonds is 4. The molecule has 0 aliphatic heterocycles. The molecule has 0 spiro atoms. The third kappa shape index (κ3) is 3.68. The van der Waals surface area contributed by atoms with Gasteiger partial charge in [-0.2, -0.15) is 17.0 Å². The molecular weight excluding hydrogens is 216 g/mol. The van der Waals surface area contributed by atoms with Gasteiger partial charge in [0.2, 0.25) is 0 Å². The molecule has 0 aromatic heterocycles. The van der Waals surface area contributed by atoms with Crippen LogP contribution in [-0.2, 0) is 0 Å². The van der Waals surface area contributed by atoms with Gasteiger partial charge in [-0.05, 0) is 33.1 Å². The van der Waals surface area contributed by atoms with Crippen LogP contribution in [0.25, 0.3) is 0 Å². The topological polar surface area (TPSA) is 27.0 Å². The number of hydrogen-bond donors (Lipinski definition) is 0. The van der Waals surface area contributed by atoms with Gasteiger partial charge in [-0.25, -0.2) is 0 Å². The Morgan fingerprint density at radius 1 is 1.38 bits per heavy atom. The van der Waals surface area contributed by atoms with Crippen LogP contribution in [0.2, 0.25) is 0 Å². The van der Waals surface area contributed by atoms with Crippen LogP contribution in [0, 0.1) is 17.2 Å². The van der Waals surface area contributed by atoms with Crippen molar-refractivity contribution < 1.29 is 0 Å². The van der Waals surface area contributed by atoms with Crippen LogP contribution < -0.4 is 0 Å². The maximum Gasteiger partial charge on any atom is 0.0672 e. The minimum absolute atomic E-state index is 0.247. The second-order valence-corrected chi connectivity index (χ2v) is 5.82. The van der Waals surface area contributed by atoms with Gasteiger partial charge in [-0.15, -0.1) is 0 Å². The lowest BCUT2D eigenvalue weighted by atomic mass is 9.94. The van der Waals surface area contributed by atoms with Crippen LogP contribution in [0.5, 0.6) is 0 Å². The zero-order valence-electron chi connectivity index (χ0n) is 10.8. The van der Waals surface area contributed by atoms with E-state index in [4.69, 9.17) is 0 Å². The Labute approximate surface area is 104 Å². The van der Waals surface area contributed by atoms with Crippen molar-refractivity contribution in [3.63, 3.8) is 0 Å². The average molecular weight is 240 g/mol. The van der Waals surface area contributed by atoms with E-state index in [2.05, 4.69) is 31.2 Å². The van der Waals surface area contributed by atoms with Crippen molar-refractivity contribution in [2.45, 2.75) is 51.1 Å². The second-order valence-electron chi connectivity index (χ2n) is 4.91. The van der Waals surface area contributed by atoms with E-state index >= 15 is 0 Å². The normalized spacial score (nSPS) is 28.4. The first-order chi connectivity index (χ1) is 7.70. The van der Waals surface area contributed by atoms with Gasteiger partial charge in [0.15, 0.2) is 0 Å². The highest BCUT2D eigenvalue weighted by atomic mass is 32.2. The summed E-state index contributed by atoms with van der Waals surface area (Å²) in [4.78, 5) is 2.44. The first-order valence-corrected chi connectivity index (χ1v) is 7.70. The van der Waals surface area contributed by atoms with E-state index in [0.717, 1.165) is 12.2 Å². The second kappa shape index (κ2) is 7.19. The standard InChI is InChI=1S/C13H24N2S/c1-11(10-16-3)15(2)13-8-6-4-5-7-12(13)9-14/h11-13H,4-8,10H2,1-3H3. The van der Waals surface area contributed by atoms with Crippen molar-refractivity contribution >= 4 is 11.8 Å². The fourth-order valence-corrected chi connectivity index (χ4v) is 3.33. The van der Waals surface area contributed by atoms with Gasteiger partial charge < -0.3 is 0 Å². The van der Waals surface area contributed by atoms with Crippen molar-refractivity contribution in [2.75, 3.05) is 19.1 Å². The zero-order valence-corrected chi connectivity index (χ0v) is 11.6. The molecule has 3 heteroatoms. The summed E-state index contributed by atoms with van der Waals surface area (Å²) in [6.45, 7) is 2.27. The summed E-state index contributed by atoms with van der Waals surface area (Å²) in [5, 5.41) is 9.27. The average Bonchev–Trinajstić information content (AvgIpc) is 2.53. The number of nitriles is 1. The summed E-state index contributed by atoms with van der Waals surface area (Å²) in [5.74, 6) is 1.40. The maximum atomic E-state index is 9.27. The van der Waals surface area contributed by atoms with Gasteiger partial charge in [-0.3, -0.25) is 4.90 Å². The molecular formula is C13H24N2S. The lowest BCUT2D eigenvalue weighted by molar-refractivity contribution is 0.155. The molecule has 0 N–H and O–H groups in total. The molecule has 1 aliphatic carbocycles. The molecule has 0 radical (unpaired) electrons. The van der Waals surface area contributed by atoms with Gasteiger partial charge in [0, 0.05) is 17.8 Å². The summed E-state index contributed by atoms with van der Waals surface area (Å²) in [7, 11) is 2.20. The third-order valence-electron chi connectivity index (χ3n) is 3.77. The quantitative estimate of drug-likeness (QED) is 0.706. The van der Waals surface area contributed by atoms with Crippen molar-refractivity contribution in [1.82, 2.24) is 4.90 Å². The monoisotopic (exact) mass is 240 g/mol. The number of hydrogen-bond acceptors (Lipinski definition) is 3. The highest BCUT2D eigenvalue weighted by molar-refractivity contribution is 7.98. The highest BCUT2D eigenvalue weighted by Gasteiger charge is 2.28. The molecule has 92 valence electrons. The summed E-state index contributed by atoms with van der Waals surface area (Å²) in [6, 6.07) is 3.58. The minimum Gasteiger partial charge on any atom is -0.299 e. The van der Waals surface area contributed by atoms with Gasteiger partial charge >= 0.3 is 0 Å². The molecule has 1 aliphatic rings. The third-order valence-corrected chi connectivity index (χ3v) is 4.59. The lowest BCUT2D eigenvalue weighted by Crippen LogP contribution is -2.43. The molecule has 1 rings (SSSR count). The Morgan fingerprint density at radius 3 is 2.69 bits per heavy atom. The largest absolute Gasteiger partial charge is 0.299 e. The molecule has 0 amide bonds. The van der Waals surface area contributed by atoms with Crippen LogP contribution in [0.15, 0.2) is 0 Å². The van der Waals surface area contributed by atoms with E-state index in [-0.39, 0.29) is 5.92 Å². The molecule has 0 aromatic rings. The SMILES string of the molecule is CSCC(C)N(C)C1CCCCCC1C#N. The first kappa shape index (κ1) is 13.9. The first-order valence-electron chi connectivity index (χ1n) is 6.31. The van der Waals surface area contributed by atoms with Gasteiger partial charge in [0.1, 0.15) is 0 Å². The summed E-state index contributed by atoms with van der Waals surface area (Å²) >= 11 is 1.89. The Hall–Kier alpha value is -0.200. The molecule has 0 heterocycles. The van der Waals surface area contributed by atoms with E-state index in [9.17, 15) is 5.26 Å². The lowest BCUT2D eigenvalue weighted by Gasteiger charge is -2.34. The van der Waals surface area contributed by atoms with Crippen molar-refractivity contribution in [1.29, 1.82) is 5.26 Å². The summed E-state index contributed by atoms with van der Waals surface area (Å²) < 4.78 is 0. The molecule has 16 heavy (non-hydrogen) atoms. The smallest absolute Gasteiger partial charge is 0.0672 e. The van der Waals surface area contributed by atoms with E-state index in [1.165, 1.54) is 25.7 Å². The van der Waals surface area contributed by atoms with Crippen LogP contribution in [0.4, 0.5) is 0 Å². The molecule has 3 unspecified atom stereocenters. The Morgan fingerprint density at radius 2 is 2.06 bits per heavy atom. The van der Waals surface area contributed by atoms with E-state index in [1.54, 1.807) is 0 Å². The molecule has 1 fully saturated rings. The fraction of sp³-hybridized carbons (Fsp3) is 0.923. The molecule has 0 bridgehead atoms. The minimum atomic E-state index is 0.247. The van der Waals surface area contributed by atoms with Crippen LogP contribution in [0.3, 0.4) is 0 Å². The number of thioether (sulfide) groups is 1. The van der Waals surface area contributed by atoms with Crippen molar-refractivity contribution in [2.24, 2.45) is 5.92 Å². The Kier molecular flexibility index (Phi) is 6.23. The molecule has 3 atom stereocenters. The van der Waals surface area contributed by atoms with E-state index in [0.29, 0.717) is 12.1 Å². The molecule has 1 saturated carbocycles. The van der Waals surface area contributed by atoms with Crippen LogP contribution >= 0.6 is 11.8 Å². The fourth-order valence-electron chi connectivity index (χ4n) is 2.61. The highest BCUT2D eigenvalue weighted by Crippen LogP contribution is 2.27. The van der Waals surface area contributed by atoms with Gasteiger partial charge in [-0.1, -0.05) is 19.3 Å². The van der Waals surface area contributed by atoms with Crippen LogP contribution in [0.1, 0.15) is 39.0 Å². The van der Waals surface area contributed by atoms with E-state index in [1.807, 2.05) is 11.8 Å². The zero-order chi connectivity index (χ0) is 12.0. The maximum absolute atomic E-state index is 9.27. The number of nitrogens with zero attached hydrogens (tertiary/aromatic N) is 2.